The zero-order valence-corrected chi connectivity index (χ0v) is 11.2. The molecular weight excluding hydrogens is 295 g/mol. The summed E-state index contributed by atoms with van der Waals surface area (Å²) in [6.07, 6.45) is 1.93. The third kappa shape index (κ3) is 2.21. The van der Waals surface area contributed by atoms with Gasteiger partial charge in [0.15, 0.2) is 5.82 Å². The molecule has 1 aliphatic carbocycles. The second-order valence-electron chi connectivity index (χ2n) is 4.42. The summed E-state index contributed by atoms with van der Waals surface area (Å²) in [7, 11) is 0. The first-order chi connectivity index (χ1) is 9.11. The van der Waals surface area contributed by atoms with Crippen LogP contribution in [0.15, 0.2) is 12.1 Å². The Morgan fingerprint density at radius 3 is 2.58 bits per heavy atom. The molecule has 0 radical (unpaired) electrons. The summed E-state index contributed by atoms with van der Waals surface area (Å²) < 4.78 is 29.2. The first-order valence-electron chi connectivity index (χ1n) is 5.76. The number of rotatable bonds is 3. The van der Waals surface area contributed by atoms with Gasteiger partial charge >= 0.3 is 0 Å². The van der Waals surface area contributed by atoms with Gasteiger partial charge in [-0.2, -0.15) is 0 Å². The van der Waals surface area contributed by atoms with Crippen molar-refractivity contribution >= 4 is 23.2 Å². The second kappa shape index (κ2) is 4.72. The summed E-state index contributed by atoms with van der Waals surface area (Å²) in [5, 5.41) is 7.60. The number of aromatic nitrogens is 3. The Hall–Kier alpha value is -1.20. The summed E-state index contributed by atoms with van der Waals surface area (Å²) in [4.78, 5) is 0. The predicted molar refractivity (Wildman–Crippen MR) is 68.2 cm³/mol. The second-order valence-corrected chi connectivity index (χ2v) is 5.10. The van der Waals surface area contributed by atoms with Crippen LogP contribution in [0.3, 0.4) is 0 Å². The average molecular weight is 304 g/mol. The molecule has 0 aliphatic heterocycles. The fourth-order valence-electron chi connectivity index (χ4n) is 2.01. The van der Waals surface area contributed by atoms with E-state index in [1.807, 2.05) is 0 Å². The van der Waals surface area contributed by atoms with Gasteiger partial charge in [-0.15, -0.1) is 21.8 Å². The maximum Gasteiger partial charge on any atom is 0.167 e. The van der Waals surface area contributed by atoms with Crippen molar-refractivity contribution in [1.82, 2.24) is 14.8 Å². The number of alkyl halides is 1. The van der Waals surface area contributed by atoms with Gasteiger partial charge in [-0.25, -0.2) is 8.78 Å². The Bertz CT molecular complexity index is 638. The third-order valence-electron chi connectivity index (χ3n) is 3.05. The van der Waals surface area contributed by atoms with Crippen molar-refractivity contribution in [1.29, 1.82) is 0 Å². The number of nitrogens with zero attached hydrogens (tertiary/aromatic N) is 3. The molecule has 0 atom stereocenters. The van der Waals surface area contributed by atoms with E-state index in [0.717, 1.165) is 25.0 Å². The highest BCUT2D eigenvalue weighted by molar-refractivity contribution is 6.30. The van der Waals surface area contributed by atoms with E-state index in [1.165, 1.54) is 0 Å². The minimum Gasteiger partial charge on any atom is -0.307 e. The lowest BCUT2D eigenvalue weighted by Crippen LogP contribution is -2.03. The Labute approximate surface area is 118 Å². The van der Waals surface area contributed by atoms with Gasteiger partial charge in [-0.3, -0.25) is 0 Å². The van der Waals surface area contributed by atoms with Crippen molar-refractivity contribution in [2.75, 3.05) is 0 Å². The molecule has 3 rings (SSSR count). The molecule has 1 aromatic carbocycles. The molecule has 19 heavy (non-hydrogen) atoms. The predicted octanol–water partition coefficient (Wildman–Crippen LogP) is 3.95. The van der Waals surface area contributed by atoms with E-state index in [-0.39, 0.29) is 22.5 Å². The Balaban J connectivity index is 2.17. The number of hydrogen-bond donors (Lipinski definition) is 0. The van der Waals surface area contributed by atoms with Crippen molar-refractivity contribution in [3.8, 4) is 11.4 Å². The number of hydrogen-bond acceptors (Lipinski definition) is 2. The standard InChI is InChI=1S/C12H9Cl2F2N3/c13-5-11-17-18-12(19(11)6-1-2-6)7-3-10(16)8(14)4-9(7)15/h3-4,6H,1-2,5H2. The molecule has 0 N–H and O–H groups in total. The lowest BCUT2D eigenvalue weighted by atomic mass is 10.2. The maximum absolute atomic E-state index is 13.9. The van der Waals surface area contributed by atoms with E-state index in [4.69, 9.17) is 23.2 Å². The fourth-order valence-corrected chi connectivity index (χ4v) is 2.34. The van der Waals surface area contributed by atoms with Gasteiger partial charge in [-0.1, -0.05) is 11.6 Å². The van der Waals surface area contributed by atoms with Gasteiger partial charge in [0.05, 0.1) is 16.5 Å². The van der Waals surface area contributed by atoms with E-state index in [9.17, 15) is 8.78 Å². The zero-order chi connectivity index (χ0) is 13.6. The minimum atomic E-state index is -0.684. The molecule has 7 heteroatoms. The van der Waals surface area contributed by atoms with Crippen molar-refractivity contribution in [3.05, 3.63) is 34.6 Å². The molecule has 1 saturated carbocycles. The summed E-state index contributed by atoms with van der Waals surface area (Å²) in [6.45, 7) is 0. The summed E-state index contributed by atoms with van der Waals surface area (Å²) >= 11 is 11.3. The van der Waals surface area contributed by atoms with E-state index in [0.29, 0.717) is 11.6 Å². The topological polar surface area (TPSA) is 30.7 Å². The van der Waals surface area contributed by atoms with E-state index in [1.54, 1.807) is 4.57 Å². The monoisotopic (exact) mass is 303 g/mol. The molecule has 0 amide bonds. The van der Waals surface area contributed by atoms with E-state index < -0.39 is 11.6 Å². The number of benzene rings is 1. The first-order valence-corrected chi connectivity index (χ1v) is 6.67. The molecule has 1 heterocycles. The maximum atomic E-state index is 13.9. The van der Waals surface area contributed by atoms with Crippen LogP contribution in [0.5, 0.6) is 0 Å². The van der Waals surface area contributed by atoms with Crippen LogP contribution in [-0.4, -0.2) is 14.8 Å². The number of halogens is 4. The molecular formula is C12H9Cl2F2N3. The quantitative estimate of drug-likeness (QED) is 0.635. The molecule has 0 spiro atoms. The van der Waals surface area contributed by atoms with Crippen molar-refractivity contribution in [2.24, 2.45) is 0 Å². The van der Waals surface area contributed by atoms with Gasteiger partial charge in [0.2, 0.25) is 0 Å². The Kier molecular flexibility index (Phi) is 3.19. The van der Waals surface area contributed by atoms with E-state index in [2.05, 4.69) is 10.2 Å². The van der Waals surface area contributed by atoms with Crippen LogP contribution in [0, 0.1) is 11.6 Å². The minimum absolute atomic E-state index is 0.0534. The van der Waals surface area contributed by atoms with Gasteiger partial charge < -0.3 is 4.57 Å². The van der Waals surface area contributed by atoms with Crippen LogP contribution in [-0.2, 0) is 5.88 Å². The highest BCUT2D eigenvalue weighted by atomic mass is 35.5. The van der Waals surface area contributed by atoms with Crippen LogP contribution in [0.4, 0.5) is 8.78 Å². The SMILES string of the molecule is Fc1cc(-c2nnc(CCl)n2C2CC2)c(F)cc1Cl. The fraction of sp³-hybridized carbons (Fsp3) is 0.333. The molecule has 1 fully saturated rings. The smallest absolute Gasteiger partial charge is 0.167 e. The van der Waals surface area contributed by atoms with Crippen LogP contribution in [0.25, 0.3) is 11.4 Å². The first kappa shape index (κ1) is 12.8. The highest BCUT2D eigenvalue weighted by Crippen LogP contribution is 2.40. The molecule has 1 aromatic heterocycles. The summed E-state index contributed by atoms with van der Waals surface area (Å²) in [5.41, 5.74) is 0.0534. The molecule has 100 valence electrons. The van der Waals surface area contributed by atoms with E-state index >= 15 is 0 Å². The van der Waals surface area contributed by atoms with Crippen molar-refractivity contribution < 1.29 is 8.78 Å². The van der Waals surface area contributed by atoms with Gasteiger partial charge in [-0.05, 0) is 25.0 Å². The largest absolute Gasteiger partial charge is 0.307 e. The van der Waals surface area contributed by atoms with Crippen LogP contribution < -0.4 is 0 Å². The van der Waals surface area contributed by atoms with Gasteiger partial charge in [0, 0.05) is 6.04 Å². The normalized spacial score (nSPS) is 14.9. The lowest BCUT2D eigenvalue weighted by Gasteiger charge is -2.09. The van der Waals surface area contributed by atoms with Gasteiger partial charge in [0.1, 0.15) is 17.5 Å². The molecule has 3 nitrogen and oxygen atoms in total. The molecule has 1 aliphatic rings. The van der Waals surface area contributed by atoms with Crippen molar-refractivity contribution in [2.45, 2.75) is 24.8 Å². The molecule has 0 unspecified atom stereocenters. The highest BCUT2D eigenvalue weighted by Gasteiger charge is 2.30. The lowest BCUT2D eigenvalue weighted by molar-refractivity contribution is 0.600. The zero-order valence-electron chi connectivity index (χ0n) is 9.71. The third-order valence-corrected chi connectivity index (χ3v) is 3.58. The van der Waals surface area contributed by atoms with Crippen LogP contribution in [0.1, 0.15) is 24.7 Å². The van der Waals surface area contributed by atoms with Crippen LogP contribution in [0.2, 0.25) is 5.02 Å². The van der Waals surface area contributed by atoms with Crippen molar-refractivity contribution in [3.63, 3.8) is 0 Å². The Morgan fingerprint density at radius 2 is 1.95 bits per heavy atom. The summed E-state index contributed by atoms with van der Waals surface area (Å²) in [5.74, 6) is -0.265. The van der Waals surface area contributed by atoms with Gasteiger partial charge in [0.25, 0.3) is 0 Å². The Morgan fingerprint density at radius 1 is 1.21 bits per heavy atom. The molecule has 0 saturated heterocycles. The van der Waals surface area contributed by atoms with Crippen LogP contribution >= 0.6 is 23.2 Å². The molecule has 2 aromatic rings. The summed E-state index contributed by atoms with van der Waals surface area (Å²) in [6, 6.07) is 2.20. The molecule has 0 bridgehead atoms. The average Bonchev–Trinajstić information content (AvgIpc) is 3.13.